The normalized spacial score (nSPS) is 26.5. The maximum atomic E-state index is 4.82. The number of likely N-dealkylation sites (tertiary alicyclic amines) is 1. The molecule has 2 N–H and O–H groups in total. The fourth-order valence-electron chi connectivity index (χ4n) is 2.97. The lowest BCUT2D eigenvalue weighted by Gasteiger charge is -2.20. The minimum absolute atomic E-state index is 0. The van der Waals surface area contributed by atoms with E-state index in [1.54, 1.807) is 13.3 Å². The summed E-state index contributed by atoms with van der Waals surface area (Å²) in [6.07, 6.45) is 5.51. The number of hydrogen-bond donors (Lipinski definition) is 2. The standard InChI is InChI=1S/C14H23N5O.HI/c1-10-7-12(9-19(10)13-3-4-13)17-14(15-2)16-8-11-5-6-20-18-11;/h5-6,10,12-13H,3-4,7-9H2,1-2H3,(H2,15,16,17);1H. The number of aromatic nitrogens is 1. The van der Waals surface area contributed by atoms with Crippen molar-refractivity contribution in [1.29, 1.82) is 0 Å². The third-order valence-corrected chi connectivity index (χ3v) is 4.13. The molecular formula is C14H24IN5O. The van der Waals surface area contributed by atoms with E-state index in [4.69, 9.17) is 4.52 Å². The van der Waals surface area contributed by atoms with Gasteiger partial charge in [0.15, 0.2) is 5.96 Å². The topological polar surface area (TPSA) is 65.7 Å². The van der Waals surface area contributed by atoms with Crippen LogP contribution in [0.2, 0.25) is 0 Å². The molecule has 6 nitrogen and oxygen atoms in total. The van der Waals surface area contributed by atoms with Gasteiger partial charge >= 0.3 is 0 Å². The molecule has 0 amide bonds. The van der Waals surface area contributed by atoms with E-state index >= 15 is 0 Å². The minimum atomic E-state index is 0. The quantitative estimate of drug-likeness (QED) is 0.453. The van der Waals surface area contributed by atoms with Gasteiger partial charge < -0.3 is 15.2 Å². The second-order valence-electron chi connectivity index (χ2n) is 5.77. The van der Waals surface area contributed by atoms with Crippen molar-refractivity contribution >= 4 is 29.9 Å². The van der Waals surface area contributed by atoms with Crippen LogP contribution in [-0.4, -0.2) is 47.7 Å². The van der Waals surface area contributed by atoms with Gasteiger partial charge in [-0.1, -0.05) is 5.16 Å². The van der Waals surface area contributed by atoms with Gasteiger partial charge in [0, 0.05) is 37.8 Å². The van der Waals surface area contributed by atoms with Crippen molar-refractivity contribution in [3.8, 4) is 0 Å². The molecule has 2 fully saturated rings. The van der Waals surface area contributed by atoms with Crippen LogP contribution < -0.4 is 10.6 Å². The SMILES string of the molecule is CN=C(NCc1ccon1)NC1CC(C)N(C2CC2)C1.I. The number of hydrogen-bond acceptors (Lipinski definition) is 4. The fraction of sp³-hybridized carbons (Fsp3) is 0.714. The van der Waals surface area contributed by atoms with Crippen LogP contribution >= 0.6 is 24.0 Å². The van der Waals surface area contributed by atoms with E-state index in [-0.39, 0.29) is 24.0 Å². The van der Waals surface area contributed by atoms with Crippen molar-refractivity contribution in [1.82, 2.24) is 20.7 Å². The first-order valence-corrected chi connectivity index (χ1v) is 7.38. The average Bonchev–Trinajstić information content (AvgIpc) is 3.02. The van der Waals surface area contributed by atoms with Crippen LogP contribution in [0.3, 0.4) is 0 Å². The molecule has 1 saturated heterocycles. The predicted octanol–water partition coefficient (Wildman–Crippen LogP) is 1.58. The third kappa shape index (κ3) is 4.32. The summed E-state index contributed by atoms with van der Waals surface area (Å²) in [5.74, 6) is 0.836. The Hall–Kier alpha value is -0.830. The van der Waals surface area contributed by atoms with E-state index in [2.05, 4.69) is 32.6 Å². The molecule has 2 heterocycles. The highest BCUT2D eigenvalue weighted by atomic mass is 127. The van der Waals surface area contributed by atoms with Gasteiger partial charge in [0.25, 0.3) is 0 Å². The first-order chi connectivity index (χ1) is 9.76. The van der Waals surface area contributed by atoms with Gasteiger partial charge in [-0.3, -0.25) is 9.89 Å². The monoisotopic (exact) mass is 405 g/mol. The van der Waals surface area contributed by atoms with Crippen LogP contribution in [-0.2, 0) is 6.54 Å². The Morgan fingerprint density at radius 3 is 2.95 bits per heavy atom. The molecule has 2 atom stereocenters. The van der Waals surface area contributed by atoms with Crippen molar-refractivity contribution in [2.75, 3.05) is 13.6 Å². The van der Waals surface area contributed by atoms with E-state index in [1.165, 1.54) is 19.3 Å². The van der Waals surface area contributed by atoms with E-state index in [9.17, 15) is 0 Å². The zero-order valence-corrected chi connectivity index (χ0v) is 14.9. The minimum Gasteiger partial charge on any atom is -0.364 e. The molecule has 0 spiro atoms. The van der Waals surface area contributed by atoms with Gasteiger partial charge in [-0.05, 0) is 26.2 Å². The molecule has 1 aliphatic heterocycles. The van der Waals surface area contributed by atoms with Crippen LogP contribution in [0, 0.1) is 0 Å². The summed E-state index contributed by atoms with van der Waals surface area (Å²) in [6.45, 7) is 4.08. The largest absolute Gasteiger partial charge is 0.364 e. The molecular weight excluding hydrogens is 381 g/mol. The molecule has 1 aromatic heterocycles. The first kappa shape index (κ1) is 16.5. The molecule has 2 aliphatic rings. The van der Waals surface area contributed by atoms with Crippen molar-refractivity contribution in [3.05, 3.63) is 18.0 Å². The molecule has 0 bridgehead atoms. The summed E-state index contributed by atoms with van der Waals surface area (Å²) in [6, 6.07) is 3.84. The van der Waals surface area contributed by atoms with E-state index in [0.29, 0.717) is 18.6 Å². The summed E-state index contributed by atoms with van der Waals surface area (Å²) in [4.78, 5) is 6.91. The van der Waals surface area contributed by atoms with Crippen molar-refractivity contribution < 1.29 is 4.52 Å². The Kier molecular flexibility index (Phi) is 5.86. The van der Waals surface area contributed by atoms with Crippen molar-refractivity contribution in [3.63, 3.8) is 0 Å². The van der Waals surface area contributed by atoms with Crippen molar-refractivity contribution in [2.24, 2.45) is 4.99 Å². The van der Waals surface area contributed by atoms with Crippen molar-refractivity contribution in [2.45, 2.75) is 50.9 Å². The third-order valence-electron chi connectivity index (χ3n) is 4.13. The number of nitrogens with zero attached hydrogens (tertiary/aromatic N) is 3. The Bertz CT molecular complexity index is 460. The summed E-state index contributed by atoms with van der Waals surface area (Å²) >= 11 is 0. The number of guanidine groups is 1. The Morgan fingerprint density at radius 1 is 1.52 bits per heavy atom. The Balaban J connectivity index is 0.00000161. The van der Waals surface area contributed by atoms with Crippen LogP contribution in [0.25, 0.3) is 0 Å². The van der Waals surface area contributed by atoms with Gasteiger partial charge in [0.1, 0.15) is 12.0 Å². The smallest absolute Gasteiger partial charge is 0.191 e. The lowest BCUT2D eigenvalue weighted by molar-refractivity contribution is 0.256. The molecule has 2 unspecified atom stereocenters. The molecule has 0 radical (unpaired) electrons. The first-order valence-electron chi connectivity index (χ1n) is 7.38. The van der Waals surface area contributed by atoms with Gasteiger partial charge in [0.2, 0.25) is 0 Å². The van der Waals surface area contributed by atoms with Crippen LogP contribution in [0.1, 0.15) is 31.9 Å². The lowest BCUT2D eigenvalue weighted by Crippen LogP contribution is -2.44. The van der Waals surface area contributed by atoms with Crippen LogP contribution in [0.5, 0.6) is 0 Å². The van der Waals surface area contributed by atoms with E-state index in [1.807, 2.05) is 6.07 Å². The fourth-order valence-corrected chi connectivity index (χ4v) is 2.97. The molecule has 3 rings (SSSR count). The highest BCUT2D eigenvalue weighted by molar-refractivity contribution is 14.0. The zero-order chi connectivity index (χ0) is 13.9. The van der Waals surface area contributed by atoms with Crippen LogP contribution in [0.15, 0.2) is 21.8 Å². The van der Waals surface area contributed by atoms with Gasteiger partial charge in [-0.25, -0.2) is 0 Å². The summed E-state index contributed by atoms with van der Waals surface area (Å²) < 4.78 is 4.82. The number of halogens is 1. The molecule has 118 valence electrons. The van der Waals surface area contributed by atoms with E-state index < -0.39 is 0 Å². The Morgan fingerprint density at radius 2 is 2.33 bits per heavy atom. The van der Waals surface area contributed by atoms with E-state index in [0.717, 1.165) is 24.2 Å². The maximum absolute atomic E-state index is 4.82. The second kappa shape index (κ2) is 7.44. The summed E-state index contributed by atoms with van der Waals surface area (Å²) in [5.41, 5.74) is 0.882. The number of aliphatic imine (C=N–C) groups is 1. The summed E-state index contributed by atoms with van der Waals surface area (Å²) in [5, 5.41) is 10.7. The highest BCUT2D eigenvalue weighted by Gasteiger charge is 2.38. The lowest BCUT2D eigenvalue weighted by atomic mass is 10.2. The molecule has 0 aromatic carbocycles. The average molecular weight is 405 g/mol. The highest BCUT2D eigenvalue weighted by Crippen LogP contribution is 2.33. The molecule has 7 heteroatoms. The number of rotatable bonds is 4. The summed E-state index contributed by atoms with van der Waals surface area (Å²) in [7, 11) is 1.80. The van der Waals surface area contributed by atoms with Gasteiger partial charge in [0.05, 0.1) is 6.54 Å². The number of nitrogens with one attached hydrogen (secondary N) is 2. The molecule has 21 heavy (non-hydrogen) atoms. The van der Waals surface area contributed by atoms with Gasteiger partial charge in [-0.2, -0.15) is 0 Å². The molecule has 1 saturated carbocycles. The second-order valence-corrected chi connectivity index (χ2v) is 5.77. The molecule has 1 aliphatic carbocycles. The van der Waals surface area contributed by atoms with Crippen LogP contribution in [0.4, 0.5) is 0 Å². The Labute approximate surface area is 142 Å². The van der Waals surface area contributed by atoms with Gasteiger partial charge in [-0.15, -0.1) is 24.0 Å². The maximum Gasteiger partial charge on any atom is 0.191 e. The predicted molar refractivity (Wildman–Crippen MR) is 92.8 cm³/mol. The zero-order valence-electron chi connectivity index (χ0n) is 12.6. The molecule has 1 aromatic rings.